The molecule has 7 rings (SSSR count). The highest BCUT2D eigenvalue weighted by atomic mass is 19.1. The normalized spacial score (nSPS) is 13.6. The first-order valence-electron chi connectivity index (χ1n) is 17.2. The second-order valence-electron chi connectivity index (χ2n) is 13.3. The van der Waals surface area contributed by atoms with Crippen molar-refractivity contribution in [2.75, 3.05) is 25.0 Å². The van der Waals surface area contributed by atoms with E-state index in [0.717, 1.165) is 27.5 Å². The Hall–Kier alpha value is -6.04. The second-order valence-corrected chi connectivity index (χ2v) is 13.3. The lowest BCUT2D eigenvalue weighted by molar-refractivity contribution is -0.139. The molecular weight excluding hydrogens is 666 g/mol. The van der Waals surface area contributed by atoms with E-state index < -0.39 is 5.54 Å². The summed E-state index contributed by atoms with van der Waals surface area (Å²) in [6.07, 6.45) is 0.839. The van der Waals surface area contributed by atoms with Crippen LogP contribution in [0, 0.1) is 11.6 Å². The fraction of sp³-hybridized carbons (Fsp3) is 0.250. The van der Waals surface area contributed by atoms with Gasteiger partial charge in [-0.15, -0.1) is 0 Å². The van der Waals surface area contributed by atoms with Gasteiger partial charge in [0, 0.05) is 54.5 Å². The number of rotatable bonds is 11. The van der Waals surface area contributed by atoms with E-state index in [1.165, 1.54) is 24.3 Å². The summed E-state index contributed by atoms with van der Waals surface area (Å²) in [6.45, 7) is 4.43. The van der Waals surface area contributed by atoms with Crippen LogP contribution in [0.4, 0.5) is 20.3 Å². The van der Waals surface area contributed by atoms with Crippen molar-refractivity contribution in [1.29, 1.82) is 0 Å². The number of aromatic nitrogens is 2. The maximum atomic E-state index is 13.8. The van der Waals surface area contributed by atoms with Crippen LogP contribution in [-0.2, 0) is 32.9 Å². The molecule has 0 bridgehead atoms. The van der Waals surface area contributed by atoms with Crippen molar-refractivity contribution in [2.45, 2.75) is 45.2 Å². The second kappa shape index (κ2) is 14.3. The number of halogens is 2. The molecule has 0 unspecified atom stereocenters. The Morgan fingerprint density at radius 3 is 2.27 bits per heavy atom. The van der Waals surface area contributed by atoms with Crippen LogP contribution in [0.15, 0.2) is 95.4 Å². The van der Waals surface area contributed by atoms with Crippen LogP contribution in [0.5, 0.6) is 0 Å². The minimum absolute atomic E-state index is 0.0270. The van der Waals surface area contributed by atoms with Gasteiger partial charge in [-0.1, -0.05) is 24.3 Å². The Kier molecular flexibility index (Phi) is 9.46. The molecule has 52 heavy (non-hydrogen) atoms. The Morgan fingerprint density at radius 1 is 0.808 bits per heavy atom. The molecule has 12 heteroatoms. The summed E-state index contributed by atoms with van der Waals surface area (Å²) in [6, 6.07) is 25.7. The third-order valence-corrected chi connectivity index (χ3v) is 9.46. The predicted octanol–water partition coefficient (Wildman–Crippen LogP) is 6.80. The number of para-hydroxylation sites is 1. The zero-order valence-electron chi connectivity index (χ0n) is 28.8. The summed E-state index contributed by atoms with van der Waals surface area (Å²) in [5.41, 5.74) is 3.64. The number of amides is 3. The molecule has 10 nitrogen and oxygen atoms in total. The molecular formula is C40H38F2N6O4. The van der Waals surface area contributed by atoms with Gasteiger partial charge in [-0.3, -0.25) is 14.4 Å². The van der Waals surface area contributed by atoms with E-state index in [9.17, 15) is 23.2 Å². The standard InChI is InChI=1S/C40H38F2N6O4/c1-40(2)39-46-37(26-9-11-27(41)12-10-26)38(45-29-15-13-28(42)14-16-29)47(39)21-22-48(40)36(51)24-44-35(50)19-20-43-34(49)18-8-25-7-17-33-31(23-25)30-5-3-4-6-32(30)52-33/h3-7,9-17,23,45H,8,18-22,24H2,1-2H3,(H,43,49)(H,44,50). The number of hydrogen-bond donors (Lipinski definition) is 3. The fourth-order valence-corrected chi connectivity index (χ4v) is 6.73. The van der Waals surface area contributed by atoms with Crippen LogP contribution in [0.2, 0.25) is 0 Å². The molecule has 0 spiro atoms. The summed E-state index contributed by atoms with van der Waals surface area (Å²) in [5, 5.41) is 10.9. The molecule has 3 amide bonds. The molecule has 6 aromatic rings. The smallest absolute Gasteiger partial charge is 0.242 e. The lowest BCUT2D eigenvalue weighted by Crippen LogP contribution is -2.54. The highest BCUT2D eigenvalue weighted by Crippen LogP contribution is 2.39. The van der Waals surface area contributed by atoms with E-state index >= 15 is 0 Å². The third kappa shape index (κ3) is 7.09. The topological polar surface area (TPSA) is 122 Å². The van der Waals surface area contributed by atoms with Crippen molar-refractivity contribution in [3.05, 3.63) is 114 Å². The van der Waals surface area contributed by atoms with Gasteiger partial charge >= 0.3 is 0 Å². The van der Waals surface area contributed by atoms with E-state index in [2.05, 4.69) is 16.0 Å². The van der Waals surface area contributed by atoms with Crippen LogP contribution in [0.3, 0.4) is 0 Å². The molecule has 0 saturated heterocycles. The van der Waals surface area contributed by atoms with E-state index in [-0.39, 0.29) is 55.3 Å². The van der Waals surface area contributed by atoms with Crippen LogP contribution in [0.25, 0.3) is 33.2 Å². The molecule has 1 aliphatic heterocycles. The minimum atomic E-state index is -0.874. The lowest BCUT2D eigenvalue weighted by Gasteiger charge is -2.42. The number of furan rings is 1. The number of benzene rings is 4. The highest BCUT2D eigenvalue weighted by molar-refractivity contribution is 6.05. The highest BCUT2D eigenvalue weighted by Gasteiger charge is 2.41. The first-order chi connectivity index (χ1) is 25.1. The molecule has 266 valence electrons. The Labute approximate surface area is 298 Å². The van der Waals surface area contributed by atoms with Gasteiger partial charge in [-0.05, 0) is 92.6 Å². The number of imidazole rings is 1. The van der Waals surface area contributed by atoms with Gasteiger partial charge in [0.05, 0.1) is 12.1 Å². The number of aryl methyl sites for hydroxylation is 1. The number of carbonyl (C=O) groups excluding carboxylic acids is 3. The van der Waals surface area contributed by atoms with Gasteiger partial charge in [0.25, 0.3) is 0 Å². The lowest BCUT2D eigenvalue weighted by atomic mass is 9.99. The average Bonchev–Trinajstić information content (AvgIpc) is 3.70. The van der Waals surface area contributed by atoms with Crippen LogP contribution >= 0.6 is 0 Å². The molecule has 1 aliphatic rings. The molecule has 3 heterocycles. The van der Waals surface area contributed by atoms with Crippen molar-refractivity contribution in [2.24, 2.45) is 0 Å². The van der Waals surface area contributed by atoms with E-state index in [4.69, 9.17) is 9.40 Å². The molecule has 0 fully saturated rings. The average molecular weight is 705 g/mol. The van der Waals surface area contributed by atoms with Crippen LogP contribution in [-0.4, -0.2) is 51.8 Å². The number of fused-ring (bicyclic) bond motifs is 4. The monoisotopic (exact) mass is 704 g/mol. The Morgan fingerprint density at radius 2 is 1.50 bits per heavy atom. The maximum Gasteiger partial charge on any atom is 0.242 e. The predicted molar refractivity (Wildman–Crippen MR) is 195 cm³/mol. The summed E-state index contributed by atoms with van der Waals surface area (Å²) < 4.78 is 35.3. The zero-order valence-corrected chi connectivity index (χ0v) is 28.8. The molecule has 0 saturated carbocycles. The summed E-state index contributed by atoms with van der Waals surface area (Å²) in [5.74, 6) is -0.311. The fourth-order valence-electron chi connectivity index (χ4n) is 6.73. The van der Waals surface area contributed by atoms with Crippen molar-refractivity contribution in [1.82, 2.24) is 25.1 Å². The van der Waals surface area contributed by atoms with Gasteiger partial charge in [0.1, 0.15) is 40.1 Å². The zero-order chi connectivity index (χ0) is 36.4. The number of anilines is 2. The van der Waals surface area contributed by atoms with E-state index in [1.54, 1.807) is 29.2 Å². The van der Waals surface area contributed by atoms with Gasteiger partial charge in [-0.2, -0.15) is 0 Å². The molecule has 0 aliphatic carbocycles. The van der Waals surface area contributed by atoms with Crippen LogP contribution in [0.1, 0.15) is 38.1 Å². The maximum absolute atomic E-state index is 13.8. The molecule has 4 aromatic carbocycles. The van der Waals surface area contributed by atoms with E-state index in [0.29, 0.717) is 48.1 Å². The SMILES string of the molecule is CC1(C)c2nc(-c3ccc(F)cc3)c(Nc3ccc(F)cc3)n2CCN1C(=O)CNC(=O)CCNC(=O)CCc1ccc2oc3ccccc3c2c1. The van der Waals surface area contributed by atoms with Gasteiger partial charge < -0.3 is 29.8 Å². The molecule has 0 radical (unpaired) electrons. The van der Waals surface area contributed by atoms with Crippen molar-refractivity contribution in [3.63, 3.8) is 0 Å². The van der Waals surface area contributed by atoms with Crippen molar-refractivity contribution < 1.29 is 27.6 Å². The van der Waals surface area contributed by atoms with E-state index in [1.807, 2.05) is 60.9 Å². The molecule has 2 aromatic heterocycles. The van der Waals surface area contributed by atoms with Crippen molar-refractivity contribution >= 4 is 51.2 Å². The van der Waals surface area contributed by atoms with Crippen molar-refractivity contribution in [3.8, 4) is 11.3 Å². The first-order valence-corrected chi connectivity index (χ1v) is 17.2. The Balaban J connectivity index is 0.933. The number of nitrogens with one attached hydrogen (secondary N) is 3. The van der Waals surface area contributed by atoms with Gasteiger partial charge in [-0.25, -0.2) is 13.8 Å². The molecule has 0 atom stereocenters. The summed E-state index contributed by atoms with van der Waals surface area (Å²) in [7, 11) is 0. The minimum Gasteiger partial charge on any atom is -0.456 e. The number of carbonyl (C=O) groups is 3. The van der Waals surface area contributed by atoms with Gasteiger partial charge in [0.15, 0.2) is 0 Å². The summed E-state index contributed by atoms with van der Waals surface area (Å²) >= 11 is 0. The van der Waals surface area contributed by atoms with Crippen LogP contribution < -0.4 is 16.0 Å². The first kappa shape index (κ1) is 34.4. The number of hydrogen-bond acceptors (Lipinski definition) is 6. The third-order valence-electron chi connectivity index (χ3n) is 9.46. The van der Waals surface area contributed by atoms with Gasteiger partial charge in [0.2, 0.25) is 17.7 Å². The quantitative estimate of drug-likeness (QED) is 0.136. The molecule has 3 N–H and O–H groups in total. The largest absolute Gasteiger partial charge is 0.456 e. The summed E-state index contributed by atoms with van der Waals surface area (Å²) in [4.78, 5) is 45.3. The number of nitrogens with zero attached hydrogens (tertiary/aromatic N) is 3. The Bertz CT molecular complexity index is 2280.